The van der Waals surface area contributed by atoms with E-state index in [2.05, 4.69) is 21.2 Å². The van der Waals surface area contributed by atoms with Crippen molar-refractivity contribution in [3.8, 4) is 17.4 Å². The molecule has 1 aromatic heterocycles. The molecule has 8 heteroatoms. The highest BCUT2D eigenvalue weighted by Gasteiger charge is 2.14. The van der Waals surface area contributed by atoms with E-state index in [4.69, 9.17) is 39.2 Å². The van der Waals surface area contributed by atoms with Crippen molar-refractivity contribution in [2.45, 2.75) is 0 Å². The summed E-state index contributed by atoms with van der Waals surface area (Å²) >= 11 is 21.4. The molecule has 0 saturated heterocycles. The lowest BCUT2D eigenvalue weighted by atomic mass is 10.2. The van der Waals surface area contributed by atoms with Gasteiger partial charge in [0.25, 0.3) is 5.91 Å². The van der Waals surface area contributed by atoms with Crippen LogP contribution in [0.25, 0.3) is 17.4 Å². The molecule has 140 valence electrons. The predicted molar refractivity (Wildman–Crippen MR) is 116 cm³/mol. The maximum atomic E-state index is 12.4. The number of nitrogens with zero attached hydrogens (tertiary/aromatic N) is 1. The summed E-state index contributed by atoms with van der Waals surface area (Å²) in [6, 6.07) is 15.4. The van der Waals surface area contributed by atoms with Crippen LogP contribution in [0.1, 0.15) is 5.76 Å². The first-order chi connectivity index (χ1) is 13.4. The van der Waals surface area contributed by atoms with E-state index in [9.17, 15) is 10.1 Å². The minimum atomic E-state index is -0.628. The predicted octanol–water partition coefficient (Wildman–Crippen LogP) is 7.21. The highest BCUT2D eigenvalue weighted by atomic mass is 79.9. The fourth-order valence-electron chi connectivity index (χ4n) is 2.32. The van der Waals surface area contributed by atoms with Crippen molar-refractivity contribution >= 4 is 68.4 Å². The fourth-order valence-corrected chi connectivity index (χ4v) is 3.09. The van der Waals surface area contributed by atoms with Gasteiger partial charge < -0.3 is 9.73 Å². The summed E-state index contributed by atoms with van der Waals surface area (Å²) in [5.74, 6) is 0.269. The summed E-state index contributed by atoms with van der Waals surface area (Å²) in [4.78, 5) is 12.4. The highest BCUT2D eigenvalue weighted by Crippen LogP contribution is 2.31. The SMILES string of the molecule is N#C/C(=C/c1ccc(-c2ccc(Br)c(Cl)c2)o1)C(=O)Nc1cccc(Cl)c1Cl. The molecule has 0 saturated carbocycles. The average Bonchev–Trinajstić information content (AvgIpc) is 3.14. The van der Waals surface area contributed by atoms with Gasteiger partial charge in [-0.3, -0.25) is 4.79 Å². The van der Waals surface area contributed by atoms with E-state index in [1.165, 1.54) is 6.08 Å². The molecular weight excluding hydrogens is 486 g/mol. The lowest BCUT2D eigenvalue weighted by molar-refractivity contribution is -0.112. The molecule has 0 unspecified atom stereocenters. The van der Waals surface area contributed by atoms with Crippen molar-refractivity contribution in [1.29, 1.82) is 5.26 Å². The Morgan fingerprint density at radius 3 is 2.61 bits per heavy atom. The molecule has 0 spiro atoms. The van der Waals surface area contributed by atoms with Crippen molar-refractivity contribution in [3.63, 3.8) is 0 Å². The van der Waals surface area contributed by atoms with Crippen LogP contribution in [0.2, 0.25) is 15.1 Å². The highest BCUT2D eigenvalue weighted by molar-refractivity contribution is 9.10. The largest absolute Gasteiger partial charge is 0.457 e. The molecule has 1 amide bonds. The number of benzene rings is 2. The minimum Gasteiger partial charge on any atom is -0.457 e. The summed E-state index contributed by atoms with van der Waals surface area (Å²) in [6.45, 7) is 0. The first-order valence-electron chi connectivity index (χ1n) is 7.81. The van der Waals surface area contributed by atoms with E-state index < -0.39 is 5.91 Å². The molecule has 0 fully saturated rings. The van der Waals surface area contributed by atoms with Crippen LogP contribution in [-0.2, 0) is 4.79 Å². The smallest absolute Gasteiger partial charge is 0.266 e. The van der Waals surface area contributed by atoms with Crippen molar-refractivity contribution in [1.82, 2.24) is 0 Å². The second-order valence-electron chi connectivity index (χ2n) is 5.56. The third-order valence-corrected chi connectivity index (χ3v) is 5.73. The number of hydrogen-bond donors (Lipinski definition) is 1. The summed E-state index contributed by atoms with van der Waals surface area (Å²) in [5.41, 5.74) is 0.928. The Balaban J connectivity index is 1.84. The van der Waals surface area contributed by atoms with Gasteiger partial charge in [0, 0.05) is 16.1 Å². The van der Waals surface area contributed by atoms with E-state index in [0.717, 1.165) is 10.0 Å². The first-order valence-corrected chi connectivity index (χ1v) is 9.74. The van der Waals surface area contributed by atoms with Gasteiger partial charge in [0.1, 0.15) is 23.2 Å². The van der Waals surface area contributed by atoms with Crippen LogP contribution in [0.15, 0.2) is 63.0 Å². The molecule has 0 aliphatic heterocycles. The zero-order valence-corrected chi connectivity index (χ0v) is 17.8. The van der Waals surface area contributed by atoms with Crippen LogP contribution in [0.4, 0.5) is 5.69 Å². The summed E-state index contributed by atoms with van der Waals surface area (Å²) < 4.78 is 6.48. The maximum absolute atomic E-state index is 12.4. The number of amides is 1. The van der Waals surface area contributed by atoms with Crippen molar-refractivity contribution in [3.05, 3.63) is 79.4 Å². The van der Waals surface area contributed by atoms with Crippen LogP contribution in [0, 0.1) is 11.3 Å². The van der Waals surface area contributed by atoms with Crippen molar-refractivity contribution in [2.75, 3.05) is 5.32 Å². The number of carbonyl (C=O) groups is 1. The number of halogens is 4. The van der Waals surface area contributed by atoms with E-state index >= 15 is 0 Å². The Labute approximate surface area is 184 Å². The monoisotopic (exact) mass is 494 g/mol. The Morgan fingerprint density at radius 1 is 1.11 bits per heavy atom. The standard InChI is InChI=1S/C20H10BrCl3N2O2/c21-14-6-4-11(9-16(14)23)18-7-5-13(28-18)8-12(10-25)20(27)26-17-3-1-2-15(22)19(17)24/h1-9H,(H,26,27)/b12-8-. The third-order valence-electron chi connectivity index (χ3n) is 3.68. The number of rotatable bonds is 4. The number of nitrogens with one attached hydrogen (secondary N) is 1. The first kappa shape index (κ1) is 20.5. The van der Waals surface area contributed by atoms with Gasteiger partial charge in [0.05, 0.1) is 20.8 Å². The number of carbonyl (C=O) groups excluding carboxylic acids is 1. The molecule has 4 nitrogen and oxygen atoms in total. The molecule has 2 aromatic carbocycles. The normalized spacial score (nSPS) is 11.2. The Bertz CT molecular complexity index is 1130. The van der Waals surface area contributed by atoms with Crippen LogP contribution < -0.4 is 5.32 Å². The fraction of sp³-hybridized carbons (Fsp3) is 0. The molecule has 0 radical (unpaired) electrons. The third kappa shape index (κ3) is 4.60. The summed E-state index contributed by atoms with van der Waals surface area (Å²) in [6.07, 6.45) is 1.34. The summed E-state index contributed by atoms with van der Waals surface area (Å²) in [5, 5.41) is 12.9. The molecule has 0 atom stereocenters. The molecule has 3 aromatic rings. The lowest BCUT2D eigenvalue weighted by Crippen LogP contribution is -2.13. The van der Waals surface area contributed by atoms with E-state index in [1.54, 1.807) is 42.5 Å². The van der Waals surface area contributed by atoms with Gasteiger partial charge in [-0.05, 0) is 52.3 Å². The van der Waals surface area contributed by atoms with Crippen LogP contribution >= 0.6 is 50.7 Å². The van der Waals surface area contributed by atoms with Crippen LogP contribution in [0.3, 0.4) is 0 Å². The molecule has 0 aliphatic rings. The Morgan fingerprint density at radius 2 is 1.89 bits per heavy atom. The molecule has 3 rings (SSSR count). The van der Waals surface area contributed by atoms with Gasteiger partial charge in [-0.25, -0.2) is 0 Å². The second kappa shape index (κ2) is 8.85. The van der Waals surface area contributed by atoms with E-state index in [-0.39, 0.29) is 10.6 Å². The topological polar surface area (TPSA) is 66.0 Å². The molecular formula is C20H10BrCl3N2O2. The van der Waals surface area contributed by atoms with Crippen LogP contribution in [0.5, 0.6) is 0 Å². The lowest BCUT2D eigenvalue weighted by Gasteiger charge is -2.07. The van der Waals surface area contributed by atoms with Gasteiger partial charge in [0.2, 0.25) is 0 Å². The number of furan rings is 1. The van der Waals surface area contributed by atoms with E-state index in [1.807, 2.05) is 12.1 Å². The molecule has 1 heterocycles. The minimum absolute atomic E-state index is 0.147. The van der Waals surface area contributed by atoms with E-state index in [0.29, 0.717) is 27.3 Å². The number of anilines is 1. The Kier molecular flexibility index (Phi) is 6.48. The molecule has 0 bridgehead atoms. The van der Waals surface area contributed by atoms with Gasteiger partial charge >= 0.3 is 0 Å². The Hall–Kier alpha value is -2.23. The zero-order valence-electron chi connectivity index (χ0n) is 14.0. The summed E-state index contributed by atoms with van der Waals surface area (Å²) in [7, 11) is 0. The number of nitriles is 1. The van der Waals surface area contributed by atoms with Gasteiger partial charge in [-0.15, -0.1) is 0 Å². The second-order valence-corrected chi connectivity index (χ2v) is 7.60. The van der Waals surface area contributed by atoms with Gasteiger partial charge in [0.15, 0.2) is 0 Å². The van der Waals surface area contributed by atoms with Gasteiger partial charge in [-0.2, -0.15) is 5.26 Å². The zero-order chi connectivity index (χ0) is 20.3. The number of hydrogen-bond acceptors (Lipinski definition) is 3. The maximum Gasteiger partial charge on any atom is 0.266 e. The average molecular weight is 497 g/mol. The molecule has 1 N–H and O–H groups in total. The van der Waals surface area contributed by atoms with Crippen LogP contribution in [-0.4, -0.2) is 5.91 Å². The quantitative estimate of drug-likeness (QED) is 0.306. The molecule has 28 heavy (non-hydrogen) atoms. The van der Waals surface area contributed by atoms with Gasteiger partial charge in [-0.1, -0.05) is 46.9 Å². The van der Waals surface area contributed by atoms with Crippen molar-refractivity contribution in [2.24, 2.45) is 0 Å². The van der Waals surface area contributed by atoms with Crippen molar-refractivity contribution < 1.29 is 9.21 Å². The molecule has 0 aliphatic carbocycles.